The molecule has 0 radical (unpaired) electrons. The van der Waals surface area contributed by atoms with E-state index in [0.29, 0.717) is 11.5 Å². The number of carboxylic acid groups (broad SMARTS) is 1. The minimum atomic E-state index is -1.00. The van der Waals surface area contributed by atoms with Gasteiger partial charge >= 0.3 is 5.97 Å². The van der Waals surface area contributed by atoms with Crippen LogP contribution < -0.4 is 5.32 Å². The van der Waals surface area contributed by atoms with Gasteiger partial charge in [0.05, 0.1) is 12.0 Å². The lowest BCUT2D eigenvalue weighted by molar-refractivity contribution is -0.121. The van der Waals surface area contributed by atoms with Crippen molar-refractivity contribution in [3.8, 4) is 0 Å². The zero-order chi connectivity index (χ0) is 14.4. The first-order valence-corrected chi connectivity index (χ1v) is 6.50. The van der Waals surface area contributed by atoms with Gasteiger partial charge in [0.1, 0.15) is 0 Å². The van der Waals surface area contributed by atoms with Crippen molar-refractivity contribution in [2.24, 2.45) is 5.92 Å². The molecule has 0 aliphatic rings. The minimum Gasteiger partial charge on any atom is -0.478 e. The Morgan fingerprint density at radius 2 is 1.84 bits per heavy atom. The molecule has 1 rings (SSSR count). The summed E-state index contributed by atoms with van der Waals surface area (Å²) in [5, 5.41) is 11.9. The van der Waals surface area contributed by atoms with Crippen LogP contribution in [0.4, 0.5) is 0 Å². The summed E-state index contributed by atoms with van der Waals surface area (Å²) in [6, 6.07) is 6.70. The van der Waals surface area contributed by atoms with Gasteiger partial charge in [0.2, 0.25) is 5.91 Å². The Kier molecular flexibility index (Phi) is 5.55. The van der Waals surface area contributed by atoms with Crippen LogP contribution in [-0.2, 0) is 11.2 Å². The van der Waals surface area contributed by atoms with Crippen LogP contribution in [0.5, 0.6) is 0 Å². The zero-order valence-electron chi connectivity index (χ0n) is 11.6. The molecule has 104 valence electrons. The van der Waals surface area contributed by atoms with Crippen LogP contribution >= 0.6 is 0 Å². The van der Waals surface area contributed by atoms with Crippen LogP contribution in [0.25, 0.3) is 0 Å². The van der Waals surface area contributed by atoms with Crippen LogP contribution in [0, 0.1) is 5.92 Å². The van der Waals surface area contributed by atoms with Crippen molar-refractivity contribution in [3.05, 3.63) is 35.4 Å². The minimum absolute atomic E-state index is 0.101. The van der Waals surface area contributed by atoms with E-state index in [9.17, 15) is 9.59 Å². The Labute approximate surface area is 113 Å². The molecule has 1 unspecified atom stereocenters. The van der Waals surface area contributed by atoms with Gasteiger partial charge in [-0.2, -0.15) is 0 Å². The highest BCUT2D eigenvalue weighted by Gasteiger charge is 2.14. The van der Waals surface area contributed by atoms with Gasteiger partial charge in [-0.3, -0.25) is 4.79 Å². The van der Waals surface area contributed by atoms with Gasteiger partial charge in [-0.1, -0.05) is 32.0 Å². The van der Waals surface area contributed by atoms with E-state index in [-0.39, 0.29) is 23.9 Å². The summed E-state index contributed by atoms with van der Waals surface area (Å²) in [5.41, 5.74) is 0.735. The SMILES string of the molecule is CC(C)CC(C)NC(=O)Cc1ccccc1C(=O)O. The number of benzene rings is 1. The van der Waals surface area contributed by atoms with E-state index in [2.05, 4.69) is 19.2 Å². The van der Waals surface area contributed by atoms with Crippen molar-refractivity contribution in [1.82, 2.24) is 5.32 Å². The molecule has 1 aromatic carbocycles. The van der Waals surface area contributed by atoms with Crippen molar-refractivity contribution in [1.29, 1.82) is 0 Å². The van der Waals surface area contributed by atoms with Gasteiger partial charge in [0, 0.05) is 6.04 Å². The Morgan fingerprint density at radius 1 is 1.21 bits per heavy atom. The maximum Gasteiger partial charge on any atom is 0.335 e. The summed E-state index contributed by atoms with van der Waals surface area (Å²) >= 11 is 0. The summed E-state index contributed by atoms with van der Waals surface area (Å²) in [6.07, 6.45) is 1.01. The van der Waals surface area contributed by atoms with Crippen molar-refractivity contribution < 1.29 is 14.7 Å². The second kappa shape index (κ2) is 6.92. The topological polar surface area (TPSA) is 66.4 Å². The molecule has 0 spiro atoms. The van der Waals surface area contributed by atoms with Gasteiger partial charge in [0.25, 0.3) is 0 Å². The van der Waals surface area contributed by atoms with Crippen LogP contribution in [0.3, 0.4) is 0 Å². The Morgan fingerprint density at radius 3 is 2.42 bits per heavy atom. The maximum atomic E-state index is 11.9. The number of rotatable bonds is 6. The first-order valence-electron chi connectivity index (χ1n) is 6.50. The lowest BCUT2D eigenvalue weighted by atomic mass is 10.0. The Balaban J connectivity index is 2.65. The number of carboxylic acids is 1. The molecule has 0 aliphatic carbocycles. The molecular formula is C15H21NO3. The smallest absolute Gasteiger partial charge is 0.335 e. The van der Waals surface area contributed by atoms with E-state index in [0.717, 1.165) is 6.42 Å². The summed E-state index contributed by atoms with van der Waals surface area (Å²) in [5.74, 6) is -0.623. The zero-order valence-corrected chi connectivity index (χ0v) is 11.6. The number of aromatic carboxylic acids is 1. The molecule has 0 saturated heterocycles. The van der Waals surface area contributed by atoms with Gasteiger partial charge in [0.15, 0.2) is 0 Å². The number of carbonyl (C=O) groups is 2. The molecular weight excluding hydrogens is 242 g/mol. The molecule has 4 heteroatoms. The van der Waals surface area contributed by atoms with E-state index in [1.54, 1.807) is 18.2 Å². The van der Waals surface area contributed by atoms with Crippen LogP contribution in [0.2, 0.25) is 0 Å². The van der Waals surface area contributed by atoms with Crippen LogP contribution in [-0.4, -0.2) is 23.0 Å². The summed E-state index contributed by atoms with van der Waals surface area (Å²) in [6.45, 7) is 6.16. The fraction of sp³-hybridized carbons (Fsp3) is 0.467. The van der Waals surface area contributed by atoms with Gasteiger partial charge in [-0.25, -0.2) is 4.79 Å². The van der Waals surface area contributed by atoms with E-state index in [4.69, 9.17) is 5.11 Å². The average Bonchev–Trinajstić information content (AvgIpc) is 2.27. The number of hydrogen-bond acceptors (Lipinski definition) is 2. The normalized spacial score (nSPS) is 12.2. The third-order valence-electron chi connectivity index (χ3n) is 2.83. The second-order valence-corrected chi connectivity index (χ2v) is 5.24. The fourth-order valence-corrected chi connectivity index (χ4v) is 2.15. The highest BCUT2D eigenvalue weighted by Crippen LogP contribution is 2.10. The number of carbonyl (C=O) groups excluding carboxylic acids is 1. The Hall–Kier alpha value is -1.84. The molecule has 0 aliphatic heterocycles. The summed E-state index contributed by atoms with van der Waals surface area (Å²) in [7, 11) is 0. The highest BCUT2D eigenvalue weighted by atomic mass is 16.4. The third-order valence-corrected chi connectivity index (χ3v) is 2.83. The Bertz CT molecular complexity index is 454. The molecule has 0 saturated carbocycles. The molecule has 1 atom stereocenters. The largest absolute Gasteiger partial charge is 0.478 e. The predicted molar refractivity (Wildman–Crippen MR) is 74.2 cm³/mol. The molecule has 0 fully saturated rings. The van der Waals surface area contributed by atoms with Crippen molar-refractivity contribution in [2.45, 2.75) is 39.7 Å². The number of nitrogens with one attached hydrogen (secondary N) is 1. The van der Waals surface area contributed by atoms with E-state index < -0.39 is 5.97 Å². The average molecular weight is 263 g/mol. The fourth-order valence-electron chi connectivity index (χ4n) is 2.15. The number of hydrogen-bond donors (Lipinski definition) is 2. The van der Waals surface area contributed by atoms with E-state index in [1.807, 2.05) is 6.92 Å². The molecule has 2 N–H and O–H groups in total. The predicted octanol–water partition coefficient (Wildman–Crippen LogP) is 2.48. The van der Waals surface area contributed by atoms with Crippen molar-refractivity contribution in [2.75, 3.05) is 0 Å². The third kappa shape index (κ3) is 5.12. The van der Waals surface area contributed by atoms with Gasteiger partial charge < -0.3 is 10.4 Å². The maximum absolute atomic E-state index is 11.9. The summed E-state index contributed by atoms with van der Waals surface area (Å²) < 4.78 is 0. The molecule has 0 aromatic heterocycles. The first kappa shape index (κ1) is 15.2. The van der Waals surface area contributed by atoms with Crippen molar-refractivity contribution >= 4 is 11.9 Å². The molecule has 1 amide bonds. The molecule has 0 bridgehead atoms. The molecule has 0 heterocycles. The molecule has 1 aromatic rings. The van der Waals surface area contributed by atoms with E-state index >= 15 is 0 Å². The quantitative estimate of drug-likeness (QED) is 0.828. The standard InChI is InChI=1S/C15H21NO3/c1-10(2)8-11(3)16-14(17)9-12-6-4-5-7-13(12)15(18)19/h4-7,10-11H,8-9H2,1-3H3,(H,16,17)(H,18,19). The highest BCUT2D eigenvalue weighted by molar-refractivity contribution is 5.91. The first-order chi connectivity index (χ1) is 8.90. The lowest BCUT2D eigenvalue weighted by Gasteiger charge is -2.16. The summed E-state index contributed by atoms with van der Waals surface area (Å²) in [4.78, 5) is 22.9. The number of amides is 1. The molecule has 4 nitrogen and oxygen atoms in total. The van der Waals surface area contributed by atoms with Gasteiger partial charge in [-0.15, -0.1) is 0 Å². The van der Waals surface area contributed by atoms with Crippen molar-refractivity contribution in [3.63, 3.8) is 0 Å². The van der Waals surface area contributed by atoms with E-state index in [1.165, 1.54) is 6.07 Å². The van der Waals surface area contributed by atoms with Crippen LogP contribution in [0.1, 0.15) is 43.1 Å². The molecule has 19 heavy (non-hydrogen) atoms. The van der Waals surface area contributed by atoms with Gasteiger partial charge in [-0.05, 0) is 30.9 Å². The monoisotopic (exact) mass is 263 g/mol. The van der Waals surface area contributed by atoms with Crippen LogP contribution in [0.15, 0.2) is 24.3 Å². The lowest BCUT2D eigenvalue weighted by Crippen LogP contribution is -2.34. The second-order valence-electron chi connectivity index (χ2n) is 5.24.